The van der Waals surface area contributed by atoms with Crippen LogP contribution < -0.4 is 4.74 Å². The Labute approximate surface area is 149 Å². The summed E-state index contributed by atoms with van der Waals surface area (Å²) < 4.78 is 32.3. The molecule has 3 rings (SSSR count). The fraction of sp³-hybridized carbons (Fsp3) is 0.500. The monoisotopic (exact) mass is 363 g/mol. The van der Waals surface area contributed by atoms with Gasteiger partial charge in [0.05, 0.1) is 18.8 Å². The third kappa shape index (κ3) is 3.13. The highest BCUT2D eigenvalue weighted by atomic mass is 32.2. The van der Waals surface area contributed by atoms with E-state index in [-0.39, 0.29) is 17.3 Å². The zero-order chi connectivity index (χ0) is 18.4. The molecule has 0 radical (unpaired) electrons. The summed E-state index contributed by atoms with van der Waals surface area (Å²) in [5.74, 6) is 1.27. The molecule has 0 bridgehead atoms. The van der Waals surface area contributed by atoms with E-state index in [2.05, 4.69) is 4.99 Å². The van der Waals surface area contributed by atoms with Crippen LogP contribution in [0, 0.1) is 5.41 Å². The summed E-state index contributed by atoms with van der Waals surface area (Å²) in [7, 11) is -1.85. The van der Waals surface area contributed by atoms with E-state index < -0.39 is 10.0 Å². The van der Waals surface area contributed by atoms with Gasteiger partial charge in [-0.3, -0.25) is 4.99 Å². The first-order valence-corrected chi connectivity index (χ1v) is 9.93. The average molecular weight is 363 g/mol. The Morgan fingerprint density at radius 2 is 1.92 bits per heavy atom. The molecule has 0 aliphatic carbocycles. The first-order valence-electron chi connectivity index (χ1n) is 8.32. The van der Waals surface area contributed by atoms with Crippen LogP contribution in [-0.4, -0.2) is 42.5 Å². The van der Waals surface area contributed by atoms with E-state index in [1.807, 2.05) is 56.1 Å². The van der Waals surface area contributed by atoms with Crippen molar-refractivity contribution in [3.05, 3.63) is 41.7 Å². The second kappa shape index (κ2) is 6.05. The molecule has 6 nitrogen and oxygen atoms in total. The topological polar surface area (TPSA) is 62.2 Å². The number of ether oxygens (including phenoxy) is 1. The predicted octanol–water partition coefficient (Wildman–Crippen LogP) is 2.79. The summed E-state index contributed by atoms with van der Waals surface area (Å²) in [6.45, 7) is 8.39. The Hall–Kier alpha value is -2.02. The van der Waals surface area contributed by atoms with Crippen molar-refractivity contribution in [1.82, 2.24) is 9.21 Å². The lowest BCUT2D eigenvalue weighted by molar-refractivity contribution is 0.276. The molecule has 2 heterocycles. The molecule has 0 saturated heterocycles. The molecule has 2 aliphatic heterocycles. The lowest BCUT2D eigenvalue weighted by atomic mass is 9.81. The average Bonchev–Trinajstić information content (AvgIpc) is 2.52. The Morgan fingerprint density at radius 3 is 2.52 bits per heavy atom. The molecule has 0 aromatic heterocycles. The van der Waals surface area contributed by atoms with Gasteiger partial charge in [-0.2, -0.15) is 0 Å². The van der Waals surface area contributed by atoms with Gasteiger partial charge in [-0.15, -0.1) is 0 Å². The number of amidine groups is 1. The number of sulfonamides is 1. The van der Waals surface area contributed by atoms with Gasteiger partial charge in [0.25, 0.3) is 10.0 Å². The van der Waals surface area contributed by atoms with E-state index in [0.717, 1.165) is 17.0 Å². The fourth-order valence-electron chi connectivity index (χ4n) is 3.25. The van der Waals surface area contributed by atoms with Crippen LogP contribution >= 0.6 is 0 Å². The highest BCUT2D eigenvalue weighted by Gasteiger charge is 2.45. The van der Waals surface area contributed by atoms with Gasteiger partial charge in [0.2, 0.25) is 0 Å². The summed E-state index contributed by atoms with van der Waals surface area (Å²) in [6, 6.07) is 7.70. The summed E-state index contributed by atoms with van der Waals surface area (Å²) >= 11 is 0. The minimum atomic E-state index is -3.47. The lowest BCUT2D eigenvalue weighted by Gasteiger charge is -2.46. The third-order valence-corrected chi connectivity index (χ3v) is 6.73. The standard InChI is InChI=1S/C18H25N3O3S/c1-13-18(3,4)17-11-20(10-15-6-8-16(24-5)9-7-15)12-25(22,23)21(17)14(2)19-13/h6-9,11,13H,10,12H2,1-5H3/t13-/m0/s1. The molecule has 0 fully saturated rings. The van der Waals surface area contributed by atoms with Crippen LogP contribution in [0.4, 0.5) is 0 Å². The van der Waals surface area contributed by atoms with E-state index in [0.29, 0.717) is 12.4 Å². The maximum atomic E-state index is 12.9. The van der Waals surface area contributed by atoms with E-state index in [4.69, 9.17) is 4.74 Å². The van der Waals surface area contributed by atoms with Gasteiger partial charge >= 0.3 is 0 Å². The fourth-order valence-corrected chi connectivity index (χ4v) is 4.98. The molecule has 0 saturated carbocycles. The van der Waals surface area contributed by atoms with Crippen LogP contribution in [0.5, 0.6) is 5.75 Å². The first kappa shape index (κ1) is 17.8. The third-order valence-electron chi connectivity index (χ3n) is 5.05. The number of nitrogens with zero attached hydrogens (tertiary/aromatic N) is 3. The molecule has 2 aliphatic rings. The summed E-state index contributed by atoms with van der Waals surface area (Å²) in [4.78, 5) is 6.39. The minimum absolute atomic E-state index is 0.0196. The Morgan fingerprint density at radius 1 is 1.28 bits per heavy atom. The molecule has 25 heavy (non-hydrogen) atoms. The zero-order valence-corrected chi connectivity index (χ0v) is 16.2. The van der Waals surface area contributed by atoms with Crippen molar-refractivity contribution in [3.8, 4) is 5.75 Å². The maximum Gasteiger partial charge on any atom is 0.258 e. The van der Waals surface area contributed by atoms with Crippen molar-refractivity contribution in [2.75, 3.05) is 13.0 Å². The number of fused-ring (bicyclic) bond motifs is 1. The van der Waals surface area contributed by atoms with E-state index in [1.165, 1.54) is 4.31 Å². The highest BCUT2D eigenvalue weighted by molar-refractivity contribution is 7.89. The maximum absolute atomic E-state index is 12.9. The highest BCUT2D eigenvalue weighted by Crippen LogP contribution is 2.42. The van der Waals surface area contributed by atoms with Crippen LogP contribution in [0.2, 0.25) is 0 Å². The van der Waals surface area contributed by atoms with E-state index in [1.54, 1.807) is 14.0 Å². The predicted molar refractivity (Wildman–Crippen MR) is 98.6 cm³/mol. The Kier molecular flexibility index (Phi) is 4.31. The quantitative estimate of drug-likeness (QED) is 0.828. The van der Waals surface area contributed by atoms with Crippen molar-refractivity contribution in [2.24, 2.45) is 10.4 Å². The van der Waals surface area contributed by atoms with Gasteiger partial charge in [0.15, 0.2) is 0 Å². The summed E-state index contributed by atoms with van der Waals surface area (Å²) in [6.07, 6.45) is 1.97. The molecule has 7 heteroatoms. The molecule has 136 valence electrons. The smallest absolute Gasteiger partial charge is 0.258 e. The van der Waals surface area contributed by atoms with Crippen molar-refractivity contribution in [3.63, 3.8) is 0 Å². The zero-order valence-electron chi connectivity index (χ0n) is 15.4. The van der Waals surface area contributed by atoms with E-state index in [9.17, 15) is 8.42 Å². The van der Waals surface area contributed by atoms with Crippen LogP contribution in [-0.2, 0) is 16.6 Å². The molecular weight excluding hydrogens is 338 g/mol. The van der Waals surface area contributed by atoms with Crippen molar-refractivity contribution in [2.45, 2.75) is 40.3 Å². The molecule has 1 aromatic carbocycles. The van der Waals surface area contributed by atoms with Gasteiger partial charge in [0, 0.05) is 18.2 Å². The number of aliphatic imine (C=N–C) groups is 1. The van der Waals surface area contributed by atoms with Crippen LogP contribution in [0.25, 0.3) is 0 Å². The Bertz CT molecular complexity index is 826. The lowest BCUT2D eigenvalue weighted by Crippen LogP contribution is -2.53. The van der Waals surface area contributed by atoms with E-state index >= 15 is 0 Å². The second-order valence-electron chi connectivity index (χ2n) is 7.19. The van der Waals surface area contributed by atoms with Crippen LogP contribution in [0.15, 0.2) is 41.2 Å². The summed E-state index contributed by atoms with van der Waals surface area (Å²) in [5, 5.41) is 0. The Balaban J connectivity index is 1.97. The van der Waals surface area contributed by atoms with Gasteiger partial charge in [-0.25, -0.2) is 12.7 Å². The van der Waals surface area contributed by atoms with Gasteiger partial charge in [-0.05, 0) is 31.5 Å². The van der Waals surface area contributed by atoms with Crippen LogP contribution in [0.3, 0.4) is 0 Å². The molecule has 1 aromatic rings. The molecule has 0 unspecified atom stereocenters. The molecule has 1 atom stereocenters. The number of hydrogen-bond acceptors (Lipinski definition) is 5. The number of benzene rings is 1. The normalized spacial score (nSPS) is 24.3. The number of methoxy groups -OCH3 is 1. The molecule has 0 N–H and O–H groups in total. The SMILES string of the molecule is COc1ccc(CN2C=C3N(C(C)=N[C@@H](C)C3(C)C)S(=O)(=O)C2)cc1. The molecular formula is C18H25N3O3S. The van der Waals surface area contributed by atoms with Crippen molar-refractivity contribution < 1.29 is 13.2 Å². The largest absolute Gasteiger partial charge is 0.497 e. The number of rotatable bonds is 3. The van der Waals surface area contributed by atoms with Crippen LogP contribution in [0.1, 0.15) is 33.3 Å². The second-order valence-corrected chi connectivity index (χ2v) is 8.98. The molecule has 0 spiro atoms. The first-order chi connectivity index (χ1) is 11.6. The van der Waals surface area contributed by atoms with Crippen molar-refractivity contribution >= 4 is 15.9 Å². The minimum Gasteiger partial charge on any atom is -0.497 e. The van der Waals surface area contributed by atoms with Gasteiger partial charge in [-0.1, -0.05) is 26.0 Å². The molecule has 0 amide bonds. The van der Waals surface area contributed by atoms with Gasteiger partial charge in [0.1, 0.15) is 17.5 Å². The van der Waals surface area contributed by atoms with Crippen molar-refractivity contribution in [1.29, 1.82) is 0 Å². The summed E-state index contributed by atoms with van der Waals surface area (Å²) in [5.41, 5.74) is 1.46. The number of hydrogen-bond donors (Lipinski definition) is 0. The van der Waals surface area contributed by atoms with Gasteiger partial charge < -0.3 is 9.64 Å².